The van der Waals surface area contributed by atoms with Gasteiger partial charge in [-0.05, 0) is 92.9 Å². The SMILES string of the molecule is Nc1ccc(C2CCN(Cc3ccccn3)CC2)cc1C1=CCCCC1. The Balaban J connectivity index is 1.42. The lowest BCUT2D eigenvalue weighted by Gasteiger charge is -2.32. The van der Waals surface area contributed by atoms with Gasteiger partial charge in [-0.25, -0.2) is 0 Å². The van der Waals surface area contributed by atoms with E-state index >= 15 is 0 Å². The molecule has 0 amide bonds. The molecule has 1 aromatic carbocycles. The summed E-state index contributed by atoms with van der Waals surface area (Å²) < 4.78 is 0. The Morgan fingerprint density at radius 2 is 1.96 bits per heavy atom. The van der Waals surface area contributed by atoms with Gasteiger partial charge < -0.3 is 5.73 Å². The number of hydrogen-bond donors (Lipinski definition) is 1. The molecular weight excluding hydrogens is 318 g/mol. The maximum absolute atomic E-state index is 6.30. The molecule has 2 N–H and O–H groups in total. The number of rotatable bonds is 4. The Morgan fingerprint density at radius 3 is 2.69 bits per heavy atom. The van der Waals surface area contributed by atoms with Crippen molar-refractivity contribution < 1.29 is 0 Å². The molecule has 0 radical (unpaired) electrons. The van der Waals surface area contributed by atoms with Gasteiger partial charge in [-0.1, -0.05) is 18.2 Å². The van der Waals surface area contributed by atoms with Gasteiger partial charge in [0.25, 0.3) is 0 Å². The molecule has 0 saturated carbocycles. The van der Waals surface area contributed by atoms with Crippen LogP contribution in [0.25, 0.3) is 5.57 Å². The first kappa shape index (κ1) is 17.3. The number of hydrogen-bond acceptors (Lipinski definition) is 3. The Morgan fingerprint density at radius 1 is 1.08 bits per heavy atom. The molecular formula is C23H29N3. The standard InChI is InChI=1S/C23H29N3/c24-23-10-9-20(16-22(23)19-6-2-1-3-7-19)18-11-14-26(15-12-18)17-21-8-4-5-13-25-21/h4-6,8-10,13,16,18H,1-3,7,11-12,14-15,17,24H2. The fourth-order valence-electron chi connectivity index (χ4n) is 4.33. The highest BCUT2D eigenvalue weighted by molar-refractivity contribution is 5.76. The van der Waals surface area contributed by atoms with E-state index in [4.69, 9.17) is 5.73 Å². The van der Waals surface area contributed by atoms with E-state index in [0.717, 1.165) is 25.3 Å². The maximum Gasteiger partial charge on any atom is 0.0543 e. The number of aromatic nitrogens is 1. The van der Waals surface area contributed by atoms with Crippen LogP contribution in [-0.4, -0.2) is 23.0 Å². The molecule has 2 aromatic rings. The fourth-order valence-corrected chi connectivity index (χ4v) is 4.33. The summed E-state index contributed by atoms with van der Waals surface area (Å²) in [6.45, 7) is 3.25. The van der Waals surface area contributed by atoms with Crippen molar-refractivity contribution in [2.24, 2.45) is 0 Å². The Bertz CT molecular complexity index is 758. The van der Waals surface area contributed by atoms with Gasteiger partial charge in [0, 0.05) is 24.0 Å². The van der Waals surface area contributed by atoms with Gasteiger partial charge in [0.15, 0.2) is 0 Å². The molecule has 0 spiro atoms. The number of nitrogens with two attached hydrogens (primary N) is 1. The molecule has 2 heterocycles. The van der Waals surface area contributed by atoms with Gasteiger partial charge in [-0.3, -0.25) is 9.88 Å². The van der Waals surface area contributed by atoms with Crippen molar-refractivity contribution in [2.45, 2.75) is 51.0 Å². The van der Waals surface area contributed by atoms with Crippen LogP contribution in [0.15, 0.2) is 48.7 Å². The van der Waals surface area contributed by atoms with Crippen LogP contribution < -0.4 is 5.73 Å². The summed E-state index contributed by atoms with van der Waals surface area (Å²) in [7, 11) is 0. The molecule has 0 unspecified atom stereocenters. The predicted octanol–water partition coefficient (Wildman–Crippen LogP) is 5.00. The molecule has 0 atom stereocenters. The van der Waals surface area contributed by atoms with Crippen LogP contribution in [0.2, 0.25) is 0 Å². The zero-order chi connectivity index (χ0) is 17.8. The number of piperidine rings is 1. The van der Waals surface area contributed by atoms with E-state index in [0.29, 0.717) is 5.92 Å². The van der Waals surface area contributed by atoms with Crippen molar-refractivity contribution in [3.63, 3.8) is 0 Å². The first-order chi connectivity index (χ1) is 12.8. The molecule has 1 aliphatic heterocycles. The summed E-state index contributed by atoms with van der Waals surface area (Å²) in [5.41, 5.74) is 12.6. The monoisotopic (exact) mass is 347 g/mol. The van der Waals surface area contributed by atoms with Crippen molar-refractivity contribution in [3.05, 3.63) is 65.5 Å². The number of nitrogens with zero attached hydrogens (tertiary/aromatic N) is 2. The lowest BCUT2D eigenvalue weighted by atomic mass is 9.85. The van der Waals surface area contributed by atoms with E-state index < -0.39 is 0 Å². The molecule has 3 nitrogen and oxygen atoms in total. The number of benzene rings is 1. The van der Waals surface area contributed by atoms with Gasteiger partial charge in [0.1, 0.15) is 0 Å². The van der Waals surface area contributed by atoms with Gasteiger partial charge in [-0.2, -0.15) is 0 Å². The zero-order valence-corrected chi connectivity index (χ0v) is 15.5. The second kappa shape index (κ2) is 8.05. The largest absolute Gasteiger partial charge is 0.398 e. The molecule has 1 aliphatic carbocycles. The number of nitrogen functional groups attached to an aromatic ring is 1. The van der Waals surface area contributed by atoms with Crippen molar-refractivity contribution in [3.8, 4) is 0 Å². The van der Waals surface area contributed by atoms with Crippen LogP contribution in [0.4, 0.5) is 5.69 Å². The third-order valence-electron chi connectivity index (χ3n) is 5.89. The molecule has 136 valence electrons. The van der Waals surface area contributed by atoms with Gasteiger partial charge in [0.2, 0.25) is 0 Å². The van der Waals surface area contributed by atoms with Crippen molar-refractivity contribution in [2.75, 3.05) is 18.8 Å². The second-order valence-electron chi connectivity index (χ2n) is 7.69. The summed E-state index contributed by atoms with van der Waals surface area (Å²) in [6.07, 6.45) is 11.7. The van der Waals surface area contributed by atoms with Crippen LogP contribution >= 0.6 is 0 Å². The number of pyridine rings is 1. The number of likely N-dealkylation sites (tertiary alicyclic amines) is 1. The third-order valence-corrected chi connectivity index (χ3v) is 5.89. The quantitative estimate of drug-likeness (QED) is 0.791. The molecule has 3 heteroatoms. The van der Waals surface area contributed by atoms with E-state index in [-0.39, 0.29) is 0 Å². The predicted molar refractivity (Wildman–Crippen MR) is 109 cm³/mol. The first-order valence-corrected chi connectivity index (χ1v) is 10.0. The summed E-state index contributed by atoms with van der Waals surface area (Å²) in [5, 5.41) is 0. The van der Waals surface area contributed by atoms with E-state index in [1.165, 1.54) is 60.9 Å². The maximum atomic E-state index is 6.30. The van der Waals surface area contributed by atoms with Crippen LogP contribution in [0.3, 0.4) is 0 Å². The highest BCUT2D eigenvalue weighted by Crippen LogP contribution is 2.35. The molecule has 0 bridgehead atoms. The molecule has 26 heavy (non-hydrogen) atoms. The first-order valence-electron chi connectivity index (χ1n) is 10.0. The summed E-state index contributed by atoms with van der Waals surface area (Å²) >= 11 is 0. The molecule has 1 fully saturated rings. The minimum Gasteiger partial charge on any atom is -0.398 e. The van der Waals surface area contributed by atoms with Crippen LogP contribution in [0, 0.1) is 0 Å². The third kappa shape index (κ3) is 3.99. The molecule has 4 rings (SSSR count). The lowest BCUT2D eigenvalue weighted by molar-refractivity contribution is 0.202. The Hall–Kier alpha value is -2.13. The molecule has 1 saturated heterocycles. The minimum atomic E-state index is 0.651. The van der Waals surface area contributed by atoms with Gasteiger partial charge in [-0.15, -0.1) is 0 Å². The summed E-state index contributed by atoms with van der Waals surface area (Å²) in [5.74, 6) is 0.651. The number of anilines is 1. The highest BCUT2D eigenvalue weighted by Gasteiger charge is 2.22. The highest BCUT2D eigenvalue weighted by atomic mass is 15.1. The smallest absolute Gasteiger partial charge is 0.0543 e. The lowest BCUT2D eigenvalue weighted by Crippen LogP contribution is -2.32. The average Bonchev–Trinajstić information content (AvgIpc) is 2.70. The molecule has 2 aliphatic rings. The summed E-state index contributed by atoms with van der Waals surface area (Å²) in [4.78, 5) is 6.99. The van der Waals surface area contributed by atoms with Gasteiger partial charge >= 0.3 is 0 Å². The summed E-state index contributed by atoms with van der Waals surface area (Å²) in [6, 6.07) is 12.9. The minimum absolute atomic E-state index is 0.651. The fraction of sp³-hybridized carbons (Fsp3) is 0.435. The van der Waals surface area contributed by atoms with E-state index in [1.807, 2.05) is 12.3 Å². The Labute approximate surface area is 156 Å². The second-order valence-corrected chi connectivity index (χ2v) is 7.69. The Kier molecular flexibility index (Phi) is 5.35. The van der Waals surface area contributed by atoms with Crippen molar-refractivity contribution in [1.82, 2.24) is 9.88 Å². The average molecular weight is 348 g/mol. The molecule has 1 aromatic heterocycles. The van der Waals surface area contributed by atoms with E-state index in [9.17, 15) is 0 Å². The zero-order valence-electron chi connectivity index (χ0n) is 15.5. The van der Waals surface area contributed by atoms with Crippen molar-refractivity contribution in [1.29, 1.82) is 0 Å². The van der Waals surface area contributed by atoms with Crippen LogP contribution in [0.5, 0.6) is 0 Å². The van der Waals surface area contributed by atoms with E-state index in [2.05, 4.69) is 46.3 Å². The van der Waals surface area contributed by atoms with Crippen molar-refractivity contribution >= 4 is 11.3 Å². The van der Waals surface area contributed by atoms with Crippen LogP contribution in [-0.2, 0) is 6.54 Å². The topological polar surface area (TPSA) is 42.1 Å². The normalized spacial score (nSPS) is 19.3. The van der Waals surface area contributed by atoms with E-state index in [1.54, 1.807) is 0 Å². The van der Waals surface area contributed by atoms with Crippen LogP contribution in [0.1, 0.15) is 61.3 Å². The van der Waals surface area contributed by atoms with Gasteiger partial charge in [0.05, 0.1) is 5.69 Å². The number of allylic oxidation sites excluding steroid dienone is 2.